The van der Waals surface area contributed by atoms with Crippen LogP contribution in [0.5, 0.6) is 0 Å². The van der Waals surface area contributed by atoms with E-state index in [9.17, 15) is 9.59 Å². The summed E-state index contributed by atoms with van der Waals surface area (Å²) in [6, 6.07) is 4.22. The van der Waals surface area contributed by atoms with E-state index in [0.717, 1.165) is 53.3 Å². The monoisotopic (exact) mass is 329 g/mol. The van der Waals surface area contributed by atoms with Crippen molar-refractivity contribution in [2.24, 2.45) is 0 Å². The second-order valence-corrected chi connectivity index (χ2v) is 6.58. The highest BCUT2D eigenvalue weighted by Gasteiger charge is 2.18. The Hall–Kier alpha value is -2.30. The molecule has 1 aromatic carbocycles. The number of hydrogen-bond donors (Lipinski definition) is 1. The number of rotatable bonds is 5. The zero-order valence-corrected chi connectivity index (χ0v) is 14.2. The minimum atomic E-state index is -0.419. The van der Waals surface area contributed by atoms with Gasteiger partial charge < -0.3 is 14.5 Å². The lowest BCUT2D eigenvalue weighted by molar-refractivity contribution is -0.148. The molecule has 24 heavy (non-hydrogen) atoms. The summed E-state index contributed by atoms with van der Waals surface area (Å²) in [5.41, 5.74) is 3.85. The topological polar surface area (TPSA) is 68.5 Å². The highest BCUT2D eigenvalue weighted by molar-refractivity contribution is 5.87. The SMILES string of the molecule is Cc1cc2occ(CC(=O)OCC(=O)NC3CCCC3)c2cc1C. The van der Waals surface area contributed by atoms with E-state index in [2.05, 4.69) is 5.32 Å². The Kier molecular flexibility index (Phi) is 4.88. The first-order valence-electron chi connectivity index (χ1n) is 8.45. The first-order chi connectivity index (χ1) is 11.5. The van der Waals surface area contributed by atoms with Crippen molar-refractivity contribution in [3.05, 3.63) is 35.1 Å². The molecule has 5 nitrogen and oxygen atoms in total. The molecule has 1 amide bonds. The molecule has 1 fully saturated rings. The molecule has 0 spiro atoms. The zero-order chi connectivity index (χ0) is 17.1. The Balaban J connectivity index is 1.55. The predicted octanol–water partition coefficient (Wildman–Crippen LogP) is 3.19. The smallest absolute Gasteiger partial charge is 0.310 e. The summed E-state index contributed by atoms with van der Waals surface area (Å²) in [6.07, 6.45) is 6.02. The van der Waals surface area contributed by atoms with E-state index >= 15 is 0 Å². The van der Waals surface area contributed by atoms with Crippen LogP contribution < -0.4 is 5.32 Å². The second-order valence-electron chi connectivity index (χ2n) is 6.58. The molecule has 1 aliphatic carbocycles. The van der Waals surface area contributed by atoms with Crippen molar-refractivity contribution in [1.82, 2.24) is 5.32 Å². The van der Waals surface area contributed by atoms with Crippen molar-refractivity contribution in [2.75, 3.05) is 6.61 Å². The van der Waals surface area contributed by atoms with E-state index in [1.54, 1.807) is 6.26 Å². The van der Waals surface area contributed by atoms with Gasteiger partial charge in [-0.15, -0.1) is 0 Å². The highest BCUT2D eigenvalue weighted by Crippen LogP contribution is 2.25. The number of benzene rings is 1. The fourth-order valence-corrected chi connectivity index (χ4v) is 3.17. The van der Waals surface area contributed by atoms with E-state index in [-0.39, 0.29) is 25.0 Å². The lowest BCUT2D eigenvalue weighted by Gasteiger charge is -2.11. The van der Waals surface area contributed by atoms with Crippen molar-refractivity contribution in [2.45, 2.75) is 52.0 Å². The Bertz CT molecular complexity index is 756. The number of furan rings is 1. The first-order valence-corrected chi connectivity index (χ1v) is 8.45. The number of esters is 1. The molecule has 1 aliphatic rings. The van der Waals surface area contributed by atoms with Crippen LogP contribution in [-0.4, -0.2) is 24.5 Å². The average Bonchev–Trinajstić information content (AvgIpc) is 3.17. The molecule has 3 rings (SSSR count). The maximum atomic E-state index is 12.0. The summed E-state index contributed by atoms with van der Waals surface area (Å²) in [5.74, 6) is -0.642. The van der Waals surface area contributed by atoms with Gasteiger partial charge in [-0.05, 0) is 49.9 Å². The largest absolute Gasteiger partial charge is 0.464 e. The van der Waals surface area contributed by atoms with Crippen molar-refractivity contribution < 1.29 is 18.7 Å². The fourth-order valence-electron chi connectivity index (χ4n) is 3.17. The lowest BCUT2D eigenvalue weighted by atomic mass is 10.0. The van der Waals surface area contributed by atoms with Gasteiger partial charge in [0.15, 0.2) is 6.61 Å². The van der Waals surface area contributed by atoms with Gasteiger partial charge in [0.05, 0.1) is 12.7 Å². The van der Waals surface area contributed by atoms with E-state index in [1.165, 1.54) is 0 Å². The van der Waals surface area contributed by atoms with Gasteiger partial charge in [-0.1, -0.05) is 12.8 Å². The number of carbonyl (C=O) groups is 2. The maximum absolute atomic E-state index is 12.0. The molecule has 0 radical (unpaired) electrons. The highest BCUT2D eigenvalue weighted by atomic mass is 16.5. The van der Waals surface area contributed by atoms with Crippen molar-refractivity contribution >= 4 is 22.8 Å². The molecule has 1 N–H and O–H groups in total. The van der Waals surface area contributed by atoms with Gasteiger partial charge in [-0.3, -0.25) is 9.59 Å². The van der Waals surface area contributed by atoms with Crippen LogP contribution >= 0.6 is 0 Å². The van der Waals surface area contributed by atoms with Crippen molar-refractivity contribution in [1.29, 1.82) is 0 Å². The predicted molar refractivity (Wildman–Crippen MR) is 90.7 cm³/mol. The van der Waals surface area contributed by atoms with Gasteiger partial charge in [0.2, 0.25) is 0 Å². The van der Waals surface area contributed by atoms with Crippen LogP contribution in [0.1, 0.15) is 42.4 Å². The molecule has 1 aromatic heterocycles. The normalized spacial score (nSPS) is 14.9. The van der Waals surface area contributed by atoms with Crippen LogP contribution in [0, 0.1) is 13.8 Å². The molecule has 1 saturated carbocycles. The average molecular weight is 329 g/mol. The second kappa shape index (κ2) is 7.07. The number of hydrogen-bond acceptors (Lipinski definition) is 4. The standard InChI is InChI=1S/C19H23NO4/c1-12-7-16-14(10-23-17(16)8-13(12)2)9-19(22)24-11-18(21)20-15-5-3-4-6-15/h7-8,10,15H,3-6,9,11H2,1-2H3,(H,20,21). The summed E-state index contributed by atoms with van der Waals surface area (Å²) in [4.78, 5) is 23.8. The van der Waals surface area contributed by atoms with Crippen LogP contribution in [0.2, 0.25) is 0 Å². The maximum Gasteiger partial charge on any atom is 0.310 e. The lowest BCUT2D eigenvalue weighted by Crippen LogP contribution is -2.36. The first kappa shape index (κ1) is 16.6. The van der Waals surface area contributed by atoms with Gasteiger partial charge in [-0.25, -0.2) is 0 Å². The number of aryl methyl sites for hydroxylation is 2. The summed E-state index contributed by atoms with van der Waals surface area (Å²) in [6.45, 7) is 3.83. The third-order valence-corrected chi connectivity index (χ3v) is 4.69. The number of amides is 1. The molecule has 2 aromatic rings. The molecule has 0 bridgehead atoms. The number of ether oxygens (including phenoxy) is 1. The number of carbonyl (C=O) groups excluding carboxylic acids is 2. The molecular formula is C19H23NO4. The van der Waals surface area contributed by atoms with Crippen LogP contribution in [0.25, 0.3) is 11.0 Å². The van der Waals surface area contributed by atoms with Crippen molar-refractivity contribution in [3.63, 3.8) is 0 Å². The third kappa shape index (κ3) is 3.78. The van der Waals surface area contributed by atoms with Crippen LogP contribution in [0.3, 0.4) is 0 Å². The summed E-state index contributed by atoms with van der Waals surface area (Å²) in [5, 5.41) is 3.82. The fraction of sp³-hybridized carbons (Fsp3) is 0.474. The quantitative estimate of drug-likeness (QED) is 0.855. The van der Waals surface area contributed by atoms with Gasteiger partial charge in [0.1, 0.15) is 5.58 Å². The molecule has 0 saturated heterocycles. The van der Waals surface area contributed by atoms with Crippen LogP contribution in [-0.2, 0) is 20.7 Å². The third-order valence-electron chi connectivity index (χ3n) is 4.69. The van der Waals surface area contributed by atoms with Gasteiger partial charge >= 0.3 is 5.97 Å². The minimum absolute atomic E-state index is 0.103. The summed E-state index contributed by atoms with van der Waals surface area (Å²) in [7, 11) is 0. The molecule has 0 aliphatic heterocycles. The molecule has 1 heterocycles. The van der Waals surface area contributed by atoms with Crippen LogP contribution in [0.15, 0.2) is 22.8 Å². The number of fused-ring (bicyclic) bond motifs is 1. The van der Waals surface area contributed by atoms with Gasteiger partial charge in [-0.2, -0.15) is 0 Å². The van der Waals surface area contributed by atoms with Gasteiger partial charge in [0, 0.05) is 17.0 Å². The minimum Gasteiger partial charge on any atom is -0.464 e. The van der Waals surface area contributed by atoms with E-state index in [4.69, 9.17) is 9.15 Å². The molecule has 128 valence electrons. The van der Waals surface area contributed by atoms with E-state index in [1.807, 2.05) is 26.0 Å². The summed E-state index contributed by atoms with van der Waals surface area (Å²) < 4.78 is 10.6. The van der Waals surface area contributed by atoms with Crippen LogP contribution in [0.4, 0.5) is 0 Å². The Morgan fingerprint density at radius 3 is 2.67 bits per heavy atom. The Morgan fingerprint density at radius 2 is 1.92 bits per heavy atom. The molecular weight excluding hydrogens is 306 g/mol. The van der Waals surface area contributed by atoms with E-state index < -0.39 is 5.97 Å². The van der Waals surface area contributed by atoms with Crippen molar-refractivity contribution in [3.8, 4) is 0 Å². The molecule has 0 atom stereocenters. The molecule has 0 unspecified atom stereocenters. The summed E-state index contributed by atoms with van der Waals surface area (Å²) >= 11 is 0. The molecule has 5 heteroatoms. The number of nitrogens with one attached hydrogen (secondary N) is 1. The van der Waals surface area contributed by atoms with E-state index in [0.29, 0.717) is 0 Å². The Morgan fingerprint density at radius 1 is 1.21 bits per heavy atom. The Labute approximate surface area is 141 Å². The van der Waals surface area contributed by atoms with Gasteiger partial charge in [0.25, 0.3) is 5.91 Å². The zero-order valence-electron chi connectivity index (χ0n) is 14.2.